The minimum absolute atomic E-state index is 0.159. The Labute approximate surface area is 178 Å². The number of amides is 2. The summed E-state index contributed by atoms with van der Waals surface area (Å²) in [5.41, 5.74) is 2.40. The van der Waals surface area contributed by atoms with Crippen molar-refractivity contribution in [1.82, 2.24) is 0 Å². The van der Waals surface area contributed by atoms with Crippen LogP contribution in [0.4, 0.5) is 11.4 Å². The Kier molecular flexibility index (Phi) is 6.75. The Morgan fingerprint density at radius 3 is 2.21 bits per heavy atom. The molecule has 2 N–H and O–H groups in total. The third kappa shape index (κ3) is 5.73. The molecule has 0 unspecified atom stereocenters. The zero-order valence-corrected chi connectivity index (χ0v) is 17.1. The second-order valence-corrected chi connectivity index (χ2v) is 7.08. The van der Waals surface area contributed by atoms with Crippen molar-refractivity contribution in [2.45, 2.75) is 13.5 Å². The van der Waals surface area contributed by atoms with Crippen LogP contribution in [0.2, 0.25) is 10.0 Å². The molecular weight excluding hydrogens is 411 g/mol. The van der Waals surface area contributed by atoms with Crippen molar-refractivity contribution >= 4 is 46.4 Å². The van der Waals surface area contributed by atoms with Gasteiger partial charge in [0, 0.05) is 33.9 Å². The number of carbonyl (C=O) groups is 2. The number of halogens is 2. The van der Waals surface area contributed by atoms with E-state index in [1.54, 1.807) is 66.7 Å². The summed E-state index contributed by atoms with van der Waals surface area (Å²) in [7, 11) is 0. The zero-order chi connectivity index (χ0) is 20.8. The van der Waals surface area contributed by atoms with Crippen LogP contribution in [0.25, 0.3) is 0 Å². The van der Waals surface area contributed by atoms with Crippen LogP contribution in [-0.4, -0.2) is 11.8 Å². The van der Waals surface area contributed by atoms with Gasteiger partial charge in [0.15, 0.2) is 0 Å². The van der Waals surface area contributed by atoms with Gasteiger partial charge in [-0.2, -0.15) is 0 Å². The second-order valence-electron chi connectivity index (χ2n) is 6.23. The van der Waals surface area contributed by atoms with E-state index in [9.17, 15) is 9.59 Å². The van der Waals surface area contributed by atoms with E-state index >= 15 is 0 Å². The lowest BCUT2D eigenvalue weighted by Gasteiger charge is -2.13. The molecule has 0 aliphatic rings. The van der Waals surface area contributed by atoms with Gasteiger partial charge in [-0.05, 0) is 48.5 Å². The Morgan fingerprint density at radius 2 is 1.55 bits per heavy atom. The van der Waals surface area contributed by atoms with Crippen molar-refractivity contribution in [2.75, 3.05) is 10.6 Å². The summed E-state index contributed by atoms with van der Waals surface area (Å²) >= 11 is 12.1. The fourth-order valence-electron chi connectivity index (χ4n) is 2.61. The number of anilines is 2. The van der Waals surface area contributed by atoms with Crippen LogP contribution in [-0.2, 0) is 11.4 Å². The highest BCUT2D eigenvalue weighted by atomic mass is 35.5. The first-order valence-corrected chi connectivity index (χ1v) is 9.53. The molecule has 0 fully saturated rings. The molecule has 148 valence electrons. The van der Waals surface area contributed by atoms with Crippen molar-refractivity contribution in [1.29, 1.82) is 0 Å². The Bertz CT molecular complexity index is 1040. The molecule has 0 bridgehead atoms. The van der Waals surface area contributed by atoms with Crippen molar-refractivity contribution in [2.24, 2.45) is 0 Å². The molecular formula is C22H18Cl2N2O3. The minimum atomic E-state index is -0.310. The van der Waals surface area contributed by atoms with E-state index in [2.05, 4.69) is 10.6 Å². The molecule has 0 aromatic heterocycles. The lowest BCUT2D eigenvalue weighted by Crippen LogP contribution is -2.14. The van der Waals surface area contributed by atoms with Gasteiger partial charge in [-0.3, -0.25) is 9.59 Å². The van der Waals surface area contributed by atoms with E-state index in [0.29, 0.717) is 32.7 Å². The second kappa shape index (κ2) is 9.45. The third-order valence-electron chi connectivity index (χ3n) is 3.99. The average Bonchev–Trinajstić information content (AvgIpc) is 2.68. The maximum Gasteiger partial charge on any atom is 0.259 e. The zero-order valence-electron chi connectivity index (χ0n) is 15.5. The number of hydrogen-bond donors (Lipinski definition) is 2. The van der Waals surface area contributed by atoms with E-state index in [1.165, 1.54) is 6.92 Å². The van der Waals surface area contributed by atoms with Crippen molar-refractivity contribution in [3.8, 4) is 5.75 Å². The maximum absolute atomic E-state index is 12.7. The highest BCUT2D eigenvalue weighted by Gasteiger charge is 2.13. The molecule has 0 aliphatic carbocycles. The topological polar surface area (TPSA) is 67.4 Å². The van der Waals surface area contributed by atoms with E-state index in [-0.39, 0.29) is 18.4 Å². The molecule has 0 radical (unpaired) electrons. The van der Waals surface area contributed by atoms with Crippen LogP contribution in [0.1, 0.15) is 22.8 Å². The van der Waals surface area contributed by atoms with E-state index in [1.807, 2.05) is 0 Å². The van der Waals surface area contributed by atoms with Crippen molar-refractivity contribution < 1.29 is 14.3 Å². The van der Waals surface area contributed by atoms with Gasteiger partial charge in [0.05, 0.1) is 5.56 Å². The van der Waals surface area contributed by atoms with Crippen LogP contribution in [0.3, 0.4) is 0 Å². The predicted molar refractivity (Wildman–Crippen MR) is 116 cm³/mol. The molecule has 0 aliphatic heterocycles. The van der Waals surface area contributed by atoms with Crippen LogP contribution >= 0.6 is 23.2 Å². The van der Waals surface area contributed by atoms with Gasteiger partial charge in [0.25, 0.3) is 5.91 Å². The van der Waals surface area contributed by atoms with E-state index in [4.69, 9.17) is 27.9 Å². The van der Waals surface area contributed by atoms with Gasteiger partial charge in [-0.1, -0.05) is 41.4 Å². The van der Waals surface area contributed by atoms with Gasteiger partial charge >= 0.3 is 0 Å². The molecule has 7 heteroatoms. The fraction of sp³-hybridized carbons (Fsp3) is 0.0909. The number of para-hydroxylation sites is 1. The molecule has 3 aromatic carbocycles. The molecule has 5 nitrogen and oxygen atoms in total. The smallest absolute Gasteiger partial charge is 0.259 e. The van der Waals surface area contributed by atoms with Crippen LogP contribution < -0.4 is 15.4 Å². The molecule has 0 spiro atoms. The van der Waals surface area contributed by atoms with Crippen LogP contribution in [0.5, 0.6) is 5.75 Å². The number of carbonyl (C=O) groups excluding carboxylic acids is 2. The number of nitrogens with one attached hydrogen (secondary N) is 2. The molecule has 0 saturated heterocycles. The first kappa shape index (κ1) is 20.7. The SMILES string of the molecule is CC(=O)Nc1ccc(NC(=O)c2ccccc2OCc2ccc(Cl)cc2Cl)cc1. The summed E-state index contributed by atoms with van der Waals surface area (Å²) in [6.07, 6.45) is 0. The van der Waals surface area contributed by atoms with Gasteiger partial charge < -0.3 is 15.4 Å². The van der Waals surface area contributed by atoms with Gasteiger partial charge in [0.2, 0.25) is 5.91 Å². The fourth-order valence-corrected chi connectivity index (χ4v) is 3.08. The summed E-state index contributed by atoms with van der Waals surface area (Å²) in [6.45, 7) is 1.63. The Morgan fingerprint density at radius 1 is 0.897 bits per heavy atom. The summed E-state index contributed by atoms with van der Waals surface area (Å²) in [6, 6.07) is 18.9. The third-order valence-corrected chi connectivity index (χ3v) is 4.58. The molecule has 2 amide bonds. The lowest BCUT2D eigenvalue weighted by atomic mass is 10.1. The summed E-state index contributed by atoms with van der Waals surface area (Å²) in [5, 5.41) is 6.54. The number of ether oxygens (including phenoxy) is 1. The Hall–Kier alpha value is -3.02. The monoisotopic (exact) mass is 428 g/mol. The quantitative estimate of drug-likeness (QED) is 0.522. The highest BCUT2D eigenvalue weighted by molar-refractivity contribution is 6.35. The van der Waals surface area contributed by atoms with Crippen LogP contribution in [0, 0.1) is 0 Å². The van der Waals surface area contributed by atoms with E-state index < -0.39 is 0 Å². The molecule has 3 aromatic rings. The Balaban J connectivity index is 1.70. The first-order valence-electron chi connectivity index (χ1n) is 8.77. The maximum atomic E-state index is 12.7. The number of benzene rings is 3. The molecule has 3 rings (SSSR count). The molecule has 29 heavy (non-hydrogen) atoms. The summed E-state index contributed by atoms with van der Waals surface area (Å²) in [4.78, 5) is 23.8. The average molecular weight is 429 g/mol. The van der Waals surface area contributed by atoms with E-state index in [0.717, 1.165) is 5.56 Å². The molecule has 0 heterocycles. The number of hydrogen-bond acceptors (Lipinski definition) is 3. The van der Waals surface area contributed by atoms with Crippen molar-refractivity contribution in [3.05, 3.63) is 87.9 Å². The van der Waals surface area contributed by atoms with Crippen LogP contribution in [0.15, 0.2) is 66.7 Å². The normalized spacial score (nSPS) is 10.3. The summed E-state index contributed by atoms with van der Waals surface area (Å²) in [5.74, 6) is -0.0328. The highest BCUT2D eigenvalue weighted by Crippen LogP contribution is 2.25. The predicted octanol–water partition coefficient (Wildman–Crippen LogP) is 5.78. The summed E-state index contributed by atoms with van der Waals surface area (Å²) < 4.78 is 5.83. The largest absolute Gasteiger partial charge is 0.488 e. The number of rotatable bonds is 6. The van der Waals surface area contributed by atoms with Gasteiger partial charge in [-0.25, -0.2) is 0 Å². The first-order chi connectivity index (χ1) is 13.9. The standard InChI is InChI=1S/C22H18Cl2N2O3/c1-14(27)25-17-8-10-18(11-9-17)26-22(28)19-4-2-3-5-21(19)29-13-15-6-7-16(23)12-20(15)24/h2-12H,13H2,1H3,(H,25,27)(H,26,28). The molecule has 0 atom stereocenters. The van der Waals surface area contributed by atoms with Gasteiger partial charge in [0.1, 0.15) is 12.4 Å². The lowest BCUT2D eigenvalue weighted by molar-refractivity contribution is -0.114. The minimum Gasteiger partial charge on any atom is -0.488 e. The van der Waals surface area contributed by atoms with Crippen molar-refractivity contribution in [3.63, 3.8) is 0 Å². The van der Waals surface area contributed by atoms with Gasteiger partial charge in [-0.15, -0.1) is 0 Å². The molecule has 0 saturated carbocycles.